The van der Waals surface area contributed by atoms with Crippen LogP contribution in [-0.2, 0) is 11.3 Å². The van der Waals surface area contributed by atoms with Gasteiger partial charge in [0.2, 0.25) is 5.91 Å². The monoisotopic (exact) mass is 277 g/mol. The molecule has 4 nitrogen and oxygen atoms in total. The lowest BCUT2D eigenvalue weighted by Crippen LogP contribution is -2.42. The van der Waals surface area contributed by atoms with Crippen molar-refractivity contribution in [3.8, 4) is 6.07 Å². The highest BCUT2D eigenvalue weighted by atomic mass is 35.5. The molecular formula is C14H16ClN3O. The number of hydrogen-bond donors (Lipinski definition) is 2. The first kappa shape index (κ1) is 13.9. The van der Waals surface area contributed by atoms with Crippen molar-refractivity contribution in [2.45, 2.75) is 19.0 Å². The van der Waals surface area contributed by atoms with E-state index in [1.165, 1.54) is 6.42 Å². The van der Waals surface area contributed by atoms with Gasteiger partial charge in [0.05, 0.1) is 17.7 Å². The molecule has 0 bridgehead atoms. The summed E-state index contributed by atoms with van der Waals surface area (Å²) in [7, 11) is 0. The summed E-state index contributed by atoms with van der Waals surface area (Å²) in [5.74, 6) is 1.39. The Labute approximate surface area is 118 Å². The van der Waals surface area contributed by atoms with Gasteiger partial charge in [-0.15, -0.1) is 12.4 Å². The number of nitrogens with zero attached hydrogens (tertiary/aromatic N) is 1. The summed E-state index contributed by atoms with van der Waals surface area (Å²) in [6, 6.07) is 9.38. The molecule has 0 radical (unpaired) electrons. The van der Waals surface area contributed by atoms with E-state index < -0.39 is 0 Å². The molecule has 5 heteroatoms. The molecule has 1 aromatic carbocycles. The Balaban J connectivity index is 0.00000133. The van der Waals surface area contributed by atoms with E-state index in [0.717, 1.165) is 18.0 Å². The predicted octanol–water partition coefficient (Wildman–Crippen LogP) is 1.20. The first-order valence-electron chi connectivity index (χ1n) is 6.28. The molecule has 2 N–H and O–H groups in total. The molecule has 2 fully saturated rings. The number of carbonyl (C=O) groups is 1. The summed E-state index contributed by atoms with van der Waals surface area (Å²) in [5.41, 5.74) is 1.66. The van der Waals surface area contributed by atoms with Crippen LogP contribution in [0.4, 0.5) is 0 Å². The summed E-state index contributed by atoms with van der Waals surface area (Å²) in [4.78, 5) is 12.0. The van der Waals surface area contributed by atoms with Crippen molar-refractivity contribution in [3.05, 3.63) is 35.4 Å². The molecule has 2 unspecified atom stereocenters. The van der Waals surface area contributed by atoms with Crippen molar-refractivity contribution in [2.24, 2.45) is 11.8 Å². The lowest BCUT2D eigenvalue weighted by molar-refractivity contribution is -0.123. The Morgan fingerprint density at radius 3 is 2.68 bits per heavy atom. The Hall–Kier alpha value is -1.57. The highest BCUT2D eigenvalue weighted by Crippen LogP contribution is 2.44. The largest absolute Gasteiger partial charge is 0.351 e. The van der Waals surface area contributed by atoms with E-state index in [1.807, 2.05) is 12.1 Å². The SMILES string of the molecule is Cl.N#Cc1ccc(CNC(=O)[C@H]2NCC3CC32)cc1. The van der Waals surface area contributed by atoms with Gasteiger partial charge in [-0.3, -0.25) is 4.79 Å². The molecule has 1 heterocycles. The lowest BCUT2D eigenvalue weighted by atomic mass is 10.1. The number of carbonyl (C=O) groups excluding carboxylic acids is 1. The number of hydrogen-bond acceptors (Lipinski definition) is 3. The fourth-order valence-electron chi connectivity index (χ4n) is 2.63. The van der Waals surface area contributed by atoms with Crippen molar-refractivity contribution in [1.29, 1.82) is 5.26 Å². The van der Waals surface area contributed by atoms with E-state index in [0.29, 0.717) is 18.0 Å². The first-order chi connectivity index (χ1) is 8.78. The van der Waals surface area contributed by atoms with Gasteiger partial charge in [0, 0.05) is 6.54 Å². The fraction of sp³-hybridized carbons (Fsp3) is 0.429. The molecule has 1 amide bonds. The van der Waals surface area contributed by atoms with Crippen LogP contribution < -0.4 is 10.6 Å². The minimum absolute atomic E-state index is 0. The third-order valence-electron chi connectivity index (χ3n) is 3.84. The number of fused-ring (bicyclic) bond motifs is 1. The zero-order valence-corrected chi connectivity index (χ0v) is 11.2. The van der Waals surface area contributed by atoms with Gasteiger partial charge in [0.25, 0.3) is 0 Å². The van der Waals surface area contributed by atoms with Crippen LogP contribution in [0.25, 0.3) is 0 Å². The van der Waals surface area contributed by atoms with Gasteiger partial charge in [-0.1, -0.05) is 12.1 Å². The Morgan fingerprint density at radius 2 is 2.16 bits per heavy atom. The fourth-order valence-corrected chi connectivity index (χ4v) is 2.63. The van der Waals surface area contributed by atoms with Gasteiger partial charge < -0.3 is 10.6 Å². The van der Waals surface area contributed by atoms with Gasteiger partial charge in [-0.25, -0.2) is 0 Å². The maximum absolute atomic E-state index is 12.0. The Bertz CT molecular complexity index is 508. The van der Waals surface area contributed by atoms with E-state index in [9.17, 15) is 4.79 Å². The first-order valence-corrected chi connectivity index (χ1v) is 6.28. The lowest BCUT2D eigenvalue weighted by Gasteiger charge is -2.13. The van der Waals surface area contributed by atoms with Crippen LogP contribution in [0.3, 0.4) is 0 Å². The highest BCUT2D eigenvalue weighted by Gasteiger charge is 2.50. The second kappa shape index (κ2) is 5.60. The van der Waals surface area contributed by atoms with Gasteiger partial charge >= 0.3 is 0 Å². The zero-order chi connectivity index (χ0) is 12.5. The van der Waals surface area contributed by atoms with Gasteiger partial charge in [0.15, 0.2) is 0 Å². The number of benzene rings is 1. The minimum atomic E-state index is 0. The molecule has 1 aliphatic heterocycles. The van der Waals surface area contributed by atoms with E-state index >= 15 is 0 Å². The molecule has 0 aromatic heterocycles. The minimum Gasteiger partial charge on any atom is -0.351 e. The normalized spacial score (nSPS) is 26.8. The van der Waals surface area contributed by atoms with Crippen LogP contribution in [0.15, 0.2) is 24.3 Å². The Kier molecular flexibility index (Phi) is 4.08. The average molecular weight is 278 g/mol. The van der Waals surface area contributed by atoms with Crippen molar-refractivity contribution in [3.63, 3.8) is 0 Å². The van der Waals surface area contributed by atoms with E-state index in [1.54, 1.807) is 12.1 Å². The molecule has 1 aliphatic carbocycles. The van der Waals surface area contributed by atoms with Gasteiger partial charge in [0.1, 0.15) is 0 Å². The second-order valence-corrected chi connectivity index (χ2v) is 5.07. The van der Waals surface area contributed by atoms with Crippen molar-refractivity contribution < 1.29 is 4.79 Å². The molecular weight excluding hydrogens is 262 g/mol. The van der Waals surface area contributed by atoms with Crippen LogP contribution in [0.1, 0.15) is 17.5 Å². The number of rotatable bonds is 3. The van der Waals surface area contributed by atoms with Crippen LogP contribution in [0.5, 0.6) is 0 Å². The number of amides is 1. The van der Waals surface area contributed by atoms with Gasteiger partial charge in [-0.05, 0) is 42.5 Å². The van der Waals surface area contributed by atoms with Crippen molar-refractivity contribution >= 4 is 18.3 Å². The predicted molar refractivity (Wildman–Crippen MR) is 73.6 cm³/mol. The maximum atomic E-state index is 12.0. The van der Waals surface area contributed by atoms with Crippen molar-refractivity contribution in [1.82, 2.24) is 10.6 Å². The van der Waals surface area contributed by atoms with E-state index in [-0.39, 0.29) is 24.4 Å². The highest BCUT2D eigenvalue weighted by molar-refractivity contribution is 5.85. The van der Waals surface area contributed by atoms with Crippen LogP contribution in [0.2, 0.25) is 0 Å². The van der Waals surface area contributed by atoms with Crippen LogP contribution >= 0.6 is 12.4 Å². The van der Waals surface area contributed by atoms with Gasteiger partial charge in [-0.2, -0.15) is 5.26 Å². The maximum Gasteiger partial charge on any atom is 0.237 e. The number of nitrogens with one attached hydrogen (secondary N) is 2. The summed E-state index contributed by atoms with van der Waals surface area (Å²) < 4.78 is 0. The quantitative estimate of drug-likeness (QED) is 0.873. The number of nitriles is 1. The molecule has 1 aromatic rings. The Morgan fingerprint density at radius 1 is 1.42 bits per heavy atom. The molecule has 1 saturated heterocycles. The topological polar surface area (TPSA) is 64.9 Å². The molecule has 2 aliphatic rings. The molecule has 1 saturated carbocycles. The zero-order valence-electron chi connectivity index (χ0n) is 10.4. The summed E-state index contributed by atoms with van der Waals surface area (Å²) in [5, 5.41) is 14.9. The van der Waals surface area contributed by atoms with E-state index in [4.69, 9.17) is 5.26 Å². The summed E-state index contributed by atoms with van der Waals surface area (Å²) in [6.45, 7) is 1.51. The third-order valence-corrected chi connectivity index (χ3v) is 3.84. The van der Waals surface area contributed by atoms with Crippen molar-refractivity contribution in [2.75, 3.05) is 6.54 Å². The van der Waals surface area contributed by atoms with E-state index in [2.05, 4.69) is 16.7 Å². The smallest absolute Gasteiger partial charge is 0.237 e. The second-order valence-electron chi connectivity index (χ2n) is 5.07. The average Bonchev–Trinajstić information content (AvgIpc) is 3.07. The van der Waals surface area contributed by atoms with Crippen LogP contribution in [-0.4, -0.2) is 18.5 Å². The molecule has 19 heavy (non-hydrogen) atoms. The van der Waals surface area contributed by atoms with Crippen LogP contribution in [0, 0.1) is 23.2 Å². The third kappa shape index (κ3) is 2.89. The summed E-state index contributed by atoms with van der Waals surface area (Å²) >= 11 is 0. The number of halogens is 1. The molecule has 100 valence electrons. The standard InChI is InChI=1S/C14H15N3O.ClH/c15-6-9-1-3-10(4-2-9)7-17-14(18)13-12-5-11(12)8-16-13;/h1-4,11-13,16H,5,7-8H2,(H,17,18);1H/t11?,12?,13-;/m0./s1. The molecule has 3 rings (SSSR count). The molecule has 3 atom stereocenters. The summed E-state index contributed by atoms with van der Waals surface area (Å²) in [6.07, 6.45) is 1.20. The number of piperidine rings is 1. The molecule has 0 spiro atoms.